The largest absolute Gasteiger partial charge is 0.411 e. The summed E-state index contributed by atoms with van der Waals surface area (Å²) in [6, 6.07) is 0.300. The Morgan fingerprint density at radius 3 is 2.35 bits per heavy atom. The van der Waals surface area contributed by atoms with Crippen molar-refractivity contribution >= 4 is 5.91 Å². The summed E-state index contributed by atoms with van der Waals surface area (Å²) in [7, 11) is 0. The molecule has 1 aliphatic rings. The van der Waals surface area contributed by atoms with Crippen LogP contribution in [0.1, 0.15) is 13.3 Å². The zero-order valence-electron chi connectivity index (χ0n) is 11.7. The molecule has 1 rings (SSSR count). The number of halogens is 3. The van der Waals surface area contributed by atoms with Gasteiger partial charge in [0.2, 0.25) is 5.91 Å². The molecule has 1 fully saturated rings. The summed E-state index contributed by atoms with van der Waals surface area (Å²) in [5.74, 6) is -0.394. The average molecular weight is 297 g/mol. The quantitative estimate of drug-likeness (QED) is 0.773. The van der Waals surface area contributed by atoms with Crippen molar-refractivity contribution in [2.45, 2.75) is 25.6 Å². The fraction of sp³-hybridized carbons (Fsp3) is 0.917. The van der Waals surface area contributed by atoms with Crippen LogP contribution in [0.15, 0.2) is 0 Å². The number of nitrogens with zero attached hydrogens (tertiary/aromatic N) is 2. The number of amides is 1. The third-order valence-corrected chi connectivity index (χ3v) is 3.42. The van der Waals surface area contributed by atoms with Crippen LogP contribution in [-0.4, -0.2) is 73.9 Å². The molecule has 1 amide bonds. The molecule has 1 atom stereocenters. The molecule has 1 unspecified atom stereocenters. The summed E-state index contributed by atoms with van der Waals surface area (Å²) in [5, 5.41) is 0. The van der Waals surface area contributed by atoms with E-state index in [1.54, 1.807) is 0 Å². The second kappa shape index (κ2) is 7.80. The molecule has 0 bridgehead atoms. The number of hydrogen-bond donors (Lipinski definition) is 1. The minimum absolute atomic E-state index is 0.300. The van der Waals surface area contributed by atoms with Gasteiger partial charge in [-0.05, 0) is 6.42 Å². The molecule has 0 aromatic heterocycles. The number of nitrogens with two attached hydrogens (primary N) is 1. The minimum Gasteiger partial charge on any atom is -0.362 e. The van der Waals surface area contributed by atoms with Gasteiger partial charge in [-0.1, -0.05) is 6.92 Å². The number of piperazine rings is 1. The molecule has 0 saturated carbocycles. The van der Waals surface area contributed by atoms with Gasteiger partial charge < -0.3 is 15.4 Å². The first-order chi connectivity index (χ1) is 9.37. The van der Waals surface area contributed by atoms with Crippen molar-refractivity contribution < 1.29 is 22.7 Å². The van der Waals surface area contributed by atoms with Crippen LogP contribution in [0.2, 0.25) is 0 Å². The molecule has 0 aromatic rings. The van der Waals surface area contributed by atoms with Crippen LogP contribution in [0.4, 0.5) is 13.2 Å². The molecule has 2 N–H and O–H groups in total. The zero-order valence-corrected chi connectivity index (χ0v) is 11.7. The van der Waals surface area contributed by atoms with E-state index < -0.39 is 25.3 Å². The first-order valence-corrected chi connectivity index (χ1v) is 6.73. The summed E-state index contributed by atoms with van der Waals surface area (Å²) >= 11 is 0. The number of ether oxygens (including phenoxy) is 1. The van der Waals surface area contributed by atoms with Crippen LogP contribution in [0.25, 0.3) is 0 Å². The molecular weight excluding hydrogens is 275 g/mol. The highest BCUT2D eigenvalue weighted by Crippen LogP contribution is 2.14. The summed E-state index contributed by atoms with van der Waals surface area (Å²) in [5.41, 5.74) is 5.67. The Balaban J connectivity index is 2.28. The van der Waals surface area contributed by atoms with Crippen molar-refractivity contribution in [3.63, 3.8) is 0 Å². The van der Waals surface area contributed by atoms with E-state index in [0.717, 1.165) is 6.42 Å². The van der Waals surface area contributed by atoms with E-state index in [4.69, 9.17) is 5.73 Å². The van der Waals surface area contributed by atoms with Crippen molar-refractivity contribution in [2.75, 3.05) is 45.9 Å². The van der Waals surface area contributed by atoms with Gasteiger partial charge in [-0.25, -0.2) is 0 Å². The van der Waals surface area contributed by atoms with Crippen LogP contribution in [0.3, 0.4) is 0 Å². The molecule has 0 spiro atoms. The molecule has 0 aliphatic carbocycles. The van der Waals surface area contributed by atoms with Gasteiger partial charge in [0.05, 0.1) is 0 Å². The van der Waals surface area contributed by atoms with Crippen molar-refractivity contribution in [1.29, 1.82) is 0 Å². The number of rotatable bonds is 6. The smallest absolute Gasteiger partial charge is 0.362 e. The maximum absolute atomic E-state index is 11.9. The van der Waals surface area contributed by atoms with Crippen LogP contribution in [-0.2, 0) is 9.53 Å². The Morgan fingerprint density at radius 2 is 1.90 bits per heavy atom. The normalized spacial score (nSPS) is 19.1. The minimum atomic E-state index is -4.39. The summed E-state index contributed by atoms with van der Waals surface area (Å²) in [6.45, 7) is 3.12. The second-order valence-electron chi connectivity index (χ2n) is 4.82. The lowest BCUT2D eigenvalue weighted by Crippen LogP contribution is -2.54. The van der Waals surface area contributed by atoms with Crippen LogP contribution < -0.4 is 5.73 Å². The van der Waals surface area contributed by atoms with Gasteiger partial charge in [0.25, 0.3) is 0 Å². The van der Waals surface area contributed by atoms with Crippen LogP contribution in [0.5, 0.6) is 0 Å². The third-order valence-electron chi connectivity index (χ3n) is 3.42. The molecule has 5 nitrogen and oxygen atoms in total. The lowest BCUT2D eigenvalue weighted by Gasteiger charge is -2.38. The fourth-order valence-corrected chi connectivity index (χ4v) is 2.26. The Morgan fingerprint density at radius 1 is 1.30 bits per heavy atom. The van der Waals surface area contributed by atoms with Crippen molar-refractivity contribution in [3.05, 3.63) is 0 Å². The van der Waals surface area contributed by atoms with Crippen molar-refractivity contribution in [3.8, 4) is 0 Å². The molecule has 118 valence electrons. The number of hydrogen-bond acceptors (Lipinski definition) is 4. The molecule has 1 aliphatic heterocycles. The van der Waals surface area contributed by atoms with Gasteiger partial charge in [0.1, 0.15) is 13.2 Å². The Bertz CT molecular complexity index is 301. The maximum atomic E-state index is 11.9. The first kappa shape index (κ1) is 17.2. The Kier molecular flexibility index (Phi) is 6.70. The number of alkyl halides is 3. The number of carbonyl (C=O) groups excluding carboxylic acids is 1. The van der Waals surface area contributed by atoms with Gasteiger partial charge in [-0.2, -0.15) is 13.2 Å². The average Bonchev–Trinajstić information content (AvgIpc) is 2.39. The molecule has 1 heterocycles. The molecule has 8 heteroatoms. The van der Waals surface area contributed by atoms with Crippen molar-refractivity contribution in [2.24, 2.45) is 5.73 Å². The first-order valence-electron chi connectivity index (χ1n) is 6.73. The van der Waals surface area contributed by atoms with E-state index in [1.807, 2.05) is 0 Å². The molecule has 0 radical (unpaired) electrons. The molecule has 1 saturated heterocycles. The monoisotopic (exact) mass is 297 g/mol. The Hall–Kier alpha value is -0.860. The second-order valence-corrected chi connectivity index (χ2v) is 4.82. The summed E-state index contributed by atoms with van der Waals surface area (Å²) in [4.78, 5) is 15.4. The summed E-state index contributed by atoms with van der Waals surface area (Å²) in [6.07, 6.45) is -3.45. The van der Waals surface area contributed by atoms with E-state index in [2.05, 4.69) is 16.6 Å². The fourth-order valence-electron chi connectivity index (χ4n) is 2.26. The van der Waals surface area contributed by atoms with E-state index in [0.29, 0.717) is 38.8 Å². The predicted molar refractivity (Wildman–Crippen MR) is 68.2 cm³/mol. The van der Waals surface area contributed by atoms with Gasteiger partial charge in [0.15, 0.2) is 0 Å². The molecule has 20 heavy (non-hydrogen) atoms. The SMILES string of the molecule is CCC(CN)N1CCN(C(=O)COCC(F)(F)F)CC1. The lowest BCUT2D eigenvalue weighted by molar-refractivity contribution is -0.178. The zero-order chi connectivity index (χ0) is 15.2. The standard InChI is InChI=1S/C12H22F3N3O2/c1-2-10(7-16)17-3-5-18(6-4-17)11(19)8-20-9-12(13,14)15/h10H,2-9,16H2,1H3. The predicted octanol–water partition coefficient (Wildman–Crippen LogP) is 0.447. The third kappa shape index (κ3) is 5.64. The highest BCUT2D eigenvalue weighted by Gasteiger charge is 2.29. The number of carbonyl (C=O) groups is 1. The Labute approximate surface area is 116 Å². The topological polar surface area (TPSA) is 58.8 Å². The van der Waals surface area contributed by atoms with Crippen molar-refractivity contribution in [1.82, 2.24) is 9.80 Å². The van der Waals surface area contributed by atoms with Crippen LogP contribution in [0, 0.1) is 0 Å². The van der Waals surface area contributed by atoms with Crippen LogP contribution >= 0.6 is 0 Å². The highest BCUT2D eigenvalue weighted by atomic mass is 19.4. The van der Waals surface area contributed by atoms with E-state index in [-0.39, 0.29) is 0 Å². The van der Waals surface area contributed by atoms with E-state index in [9.17, 15) is 18.0 Å². The van der Waals surface area contributed by atoms with Gasteiger partial charge in [-0.15, -0.1) is 0 Å². The van der Waals surface area contributed by atoms with E-state index in [1.165, 1.54) is 4.90 Å². The molecular formula is C12H22F3N3O2. The van der Waals surface area contributed by atoms with Gasteiger partial charge in [-0.3, -0.25) is 9.69 Å². The van der Waals surface area contributed by atoms with Gasteiger partial charge >= 0.3 is 6.18 Å². The maximum Gasteiger partial charge on any atom is 0.411 e. The highest BCUT2D eigenvalue weighted by molar-refractivity contribution is 5.77. The van der Waals surface area contributed by atoms with Gasteiger partial charge in [0, 0.05) is 38.8 Å². The van der Waals surface area contributed by atoms with E-state index >= 15 is 0 Å². The lowest BCUT2D eigenvalue weighted by atomic mass is 10.1. The summed E-state index contributed by atoms with van der Waals surface area (Å²) < 4.78 is 40.1. The molecule has 0 aromatic carbocycles.